The third-order valence-electron chi connectivity index (χ3n) is 21.7. The Hall–Kier alpha value is -11.3. The van der Waals surface area contributed by atoms with Gasteiger partial charge in [0.05, 0.1) is 77.8 Å². The maximum atomic E-state index is 14.0. The quantitative estimate of drug-likeness (QED) is 0.0201. The number of sulfonamides is 5. The number of alkyl halides is 9. The van der Waals surface area contributed by atoms with E-state index in [9.17, 15) is 81.6 Å². The topological polar surface area (TPSA) is 243 Å². The number of benzene rings is 13. The summed E-state index contributed by atoms with van der Waals surface area (Å²) < 4.78 is 247. The fourth-order valence-corrected chi connectivity index (χ4v) is 29.0. The molecule has 796 valence electrons. The average molecular weight is 2220 g/mol. The predicted octanol–water partition coefficient (Wildman–Crippen LogP) is 26.3. The first-order chi connectivity index (χ1) is 70.9. The summed E-state index contributed by atoms with van der Waals surface area (Å²) >= 11 is 0. The van der Waals surface area contributed by atoms with Crippen LogP contribution >= 0.6 is 0 Å². The van der Waals surface area contributed by atoms with Crippen LogP contribution in [0.1, 0.15) is 69.4 Å². The predicted molar refractivity (Wildman–Crippen MR) is 586 cm³/mol. The highest BCUT2D eigenvalue weighted by molar-refractivity contribution is 8.13. The van der Waals surface area contributed by atoms with E-state index in [1.165, 1.54) is 87.5 Å². The number of likely N-dealkylation sites (N-methyl/N-ethyl adjacent to an activating group) is 1. The normalized spacial score (nSPS) is 12.6. The zero-order valence-electron chi connectivity index (χ0n) is 84.3. The molecule has 15 rings (SSSR count). The van der Waals surface area contributed by atoms with E-state index >= 15 is 0 Å². The maximum Gasteiger partial charge on any atom is 0.480 e. The summed E-state index contributed by atoms with van der Waals surface area (Å²) in [6, 6.07) is 137. The van der Waals surface area contributed by atoms with Crippen LogP contribution in [0, 0.1) is 13.8 Å². The number of anilines is 1. The van der Waals surface area contributed by atoms with Crippen LogP contribution in [0.2, 0.25) is 0 Å². The Kier molecular flexibility index (Phi) is 50.1. The Balaban J connectivity index is 0.000000211. The molecule has 1 fully saturated rings. The van der Waals surface area contributed by atoms with Gasteiger partial charge < -0.3 is 32.4 Å². The maximum absolute atomic E-state index is 14.0. The van der Waals surface area contributed by atoms with Crippen molar-refractivity contribution in [3.63, 3.8) is 0 Å². The number of pyridine rings is 1. The highest BCUT2D eigenvalue weighted by Gasteiger charge is 2.81. The van der Waals surface area contributed by atoms with E-state index in [1.54, 1.807) is 38.7 Å². The van der Waals surface area contributed by atoms with E-state index in [0.29, 0.717) is 23.4 Å². The first-order valence-corrected chi connectivity index (χ1v) is 59.7. The van der Waals surface area contributed by atoms with Crippen molar-refractivity contribution in [2.75, 3.05) is 98.6 Å². The molecule has 1 aliphatic heterocycles. The van der Waals surface area contributed by atoms with E-state index < -0.39 is 85.1 Å². The second-order valence-electron chi connectivity index (χ2n) is 33.7. The molecule has 0 radical (unpaired) electrons. The van der Waals surface area contributed by atoms with Crippen LogP contribution in [0.15, 0.2) is 459 Å². The molecule has 0 N–H and O–H groups in total. The van der Waals surface area contributed by atoms with Gasteiger partial charge in [-0.15, -0.1) is 0 Å². The number of unbranched alkanes of at least 4 members (excludes halogenated alkanes) is 6. The first-order valence-electron chi connectivity index (χ1n) is 47.2. The molecule has 0 bridgehead atoms. The van der Waals surface area contributed by atoms with Crippen LogP contribution in [0.25, 0.3) is 8.25 Å². The Morgan fingerprint density at radius 1 is 0.322 bits per heavy atom. The molecule has 0 saturated carbocycles. The van der Waals surface area contributed by atoms with Crippen molar-refractivity contribution in [1.82, 2.24) is 19.1 Å². The van der Waals surface area contributed by atoms with E-state index in [4.69, 9.17) is 9.47 Å². The SMILES string of the molecule is CCCCCCCCS(=O)(=O)[N-]S(=O)(=O)CCCCN(C)C.CN1CCN(S(=O)(=O)C(F)(F)C(F)(F)C(F)(F)S(=O)(=O)[N-]S(=O)(=O)C(F)(F)F)CC1.COc1ccc(N(C)C)cc1.COc1ccncc1.Cc1ccc([S+](c2ccccc2)c2ccccc2)cc1.Cc1ccc([S+](c2ccccc2)c2ccccc2)cc1.c1ccc([S+](c2ccccc2)c2ccccc2)cc1.c1ccc([S+](c2ccccc2)c2ccccc2)cc1. The van der Waals surface area contributed by atoms with Gasteiger partial charge in [-0.25, -0.2) is 42.1 Å². The molecule has 0 spiro atoms. The van der Waals surface area contributed by atoms with Crippen molar-refractivity contribution in [2.24, 2.45) is 0 Å². The number of aryl methyl sites for hydroxylation is 2. The van der Waals surface area contributed by atoms with Crippen LogP contribution in [0.5, 0.6) is 11.5 Å². The molecule has 1 saturated heterocycles. The number of ether oxygens (including phenoxy) is 2. The number of halogens is 9. The number of methoxy groups -OCH3 is 2. The van der Waals surface area contributed by atoms with E-state index in [2.05, 4.69) is 387 Å². The standard InChI is InChI=1S/2C19H17S.2C18H15S.C14H31N2O4S2.C9H11F9N3O6S3.C9H13NO.C6H7NO/c2*1-16-12-14-19(15-13-16)20(17-8-4-2-5-9-17)18-10-6-3-7-11-18;2*1-4-10-16(11-5-1)19(17-12-6-2-7-13-17)18-14-8-3-9-15-18;1-4-5-6-7-8-10-13-21(17,18)15-22(19,20)14-11-9-12-16(2)3;1-20-2-4-21(5-3-20)30(26,27)8(14,15)6(10,11)7(12,13)28(22,23)19-29(24,25)9(16,17)18;1-10(2)8-4-6-9(11-3)7-5-8;1-8-6-2-4-7-5-3-6/h2*2-15H,1H3;2*1-15H;4-14H2,1-3H3;2-5H2,1H3;4-7H,1-3H3;2-5H,1H3/q4*+1;2*-1;;. The average Bonchev–Trinajstić information content (AvgIpc) is 0.708. The molecule has 0 atom stereocenters. The van der Waals surface area contributed by atoms with Gasteiger partial charge in [-0.2, -0.15) is 43.8 Å². The minimum Gasteiger partial charge on any atom is -0.497 e. The van der Waals surface area contributed by atoms with Crippen LogP contribution in [0.3, 0.4) is 0 Å². The summed E-state index contributed by atoms with van der Waals surface area (Å²) in [7, 11) is -17.3. The molecule has 37 heteroatoms. The lowest BCUT2D eigenvalue weighted by molar-refractivity contribution is -0.244. The van der Waals surface area contributed by atoms with Crippen molar-refractivity contribution >= 4 is 99.4 Å². The second kappa shape index (κ2) is 60.7. The van der Waals surface area contributed by atoms with Gasteiger partial charge in [0.15, 0.2) is 78.8 Å². The monoisotopic (exact) mass is 2220 g/mol. The minimum atomic E-state index is -7.88. The van der Waals surface area contributed by atoms with Crippen molar-refractivity contribution in [2.45, 2.75) is 153 Å². The van der Waals surface area contributed by atoms with Crippen LogP contribution in [-0.2, 0) is 93.7 Å². The number of piperazine rings is 1. The summed E-state index contributed by atoms with van der Waals surface area (Å²) in [4.78, 5) is 25.5. The molecule has 2 heterocycles. The van der Waals surface area contributed by atoms with Gasteiger partial charge in [-0.1, -0.05) is 256 Å². The fourth-order valence-electron chi connectivity index (χ4n) is 13.8. The molecule has 0 aliphatic carbocycles. The summed E-state index contributed by atoms with van der Waals surface area (Å²) in [6.45, 7) is 4.75. The fraction of sp³-hybridized carbons (Fsp3) is 0.259. The number of aromatic nitrogens is 1. The third kappa shape index (κ3) is 38.9. The van der Waals surface area contributed by atoms with Gasteiger partial charge in [0.1, 0.15) is 11.5 Å². The Labute approximate surface area is 885 Å². The Morgan fingerprint density at radius 3 is 0.839 bits per heavy atom. The van der Waals surface area contributed by atoms with Crippen LogP contribution < -0.4 is 14.4 Å². The summed E-state index contributed by atoms with van der Waals surface area (Å²) in [5, 5.41) is -14.3. The van der Waals surface area contributed by atoms with Crippen LogP contribution in [0.4, 0.5) is 45.2 Å². The Morgan fingerprint density at radius 2 is 0.584 bits per heavy atom. The molecular weight excluding hydrogens is 2090 g/mol. The zero-order chi connectivity index (χ0) is 109. The third-order valence-corrected chi connectivity index (χ3v) is 39.0. The zero-order valence-corrected chi connectivity index (χ0v) is 91.7. The minimum absolute atomic E-state index is 0.0146. The van der Waals surface area contributed by atoms with Gasteiger partial charge >= 0.3 is 21.9 Å². The van der Waals surface area contributed by atoms with Gasteiger partial charge in [0, 0.05) is 69.9 Å². The molecule has 14 aromatic rings. The summed E-state index contributed by atoms with van der Waals surface area (Å²) in [5.74, 6) is -6.05. The molecule has 0 amide bonds. The number of nitrogens with zero attached hydrogens (tertiary/aromatic N) is 7. The molecule has 1 aliphatic rings. The number of hydrogen-bond donors (Lipinski definition) is 0. The lowest BCUT2D eigenvalue weighted by atomic mass is 10.1. The van der Waals surface area contributed by atoms with Gasteiger partial charge in [0.2, 0.25) is 0 Å². The molecular formula is C112H126F9N7O12S9+2. The summed E-state index contributed by atoms with van der Waals surface area (Å²) in [5.41, 5.74) is -2.87. The van der Waals surface area contributed by atoms with Crippen molar-refractivity contribution in [1.29, 1.82) is 0 Å². The van der Waals surface area contributed by atoms with Gasteiger partial charge in [-0.3, -0.25) is 4.98 Å². The highest BCUT2D eigenvalue weighted by atomic mass is 32.3. The lowest BCUT2D eigenvalue weighted by Gasteiger charge is -2.39. The largest absolute Gasteiger partial charge is 0.497 e. The smallest absolute Gasteiger partial charge is 0.480 e. The van der Waals surface area contributed by atoms with Crippen LogP contribution in [-0.4, -0.2) is 177 Å². The number of hydrogen-bond acceptors (Lipinski definition) is 16. The van der Waals surface area contributed by atoms with Crippen molar-refractivity contribution in [3.05, 3.63) is 420 Å². The van der Waals surface area contributed by atoms with Gasteiger partial charge in [-0.05, 0) is 243 Å². The number of rotatable bonds is 36. The molecule has 13 aromatic carbocycles. The van der Waals surface area contributed by atoms with E-state index in [0.717, 1.165) is 50.1 Å². The van der Waals surface area contributed by atoms with E-state index in [-0.39, 0.29) is 72.5 Å². The molecule has 1 aromatic heterocycles. The van der Waals surface area contributed by atoms with Gasteiger partial charge in [0.25, 0.3) is 10.0 Å². The summed E-state index contributed by atoms with van der Waals surface area (Å²) in [6.07, 6.45) is 10.2. The second-order valence-corrected chi connectivity index (χ2v) is 51.0. The molecule has 0 unspecified atom stereocenters. The first kappa shape index (κ1) is 123. The highest BCUT2D eigenvalue weighted by Crippen LogP contribution is 2.54. The Bertz CT molecular complexity index is 6290. The van der Waals surface area contributed by atoms with Crippen molar-refractivity contribution in [3.8, 4) is 11.5 Å². The lowest BCUT2D eigenvalue weighted by Crippen LogP contribution is -2.64. The van der Waals surface area contributed by atoms with E-state index in [1.807, 2.05) is 57.4 Å². The molecule has 19 nitrogen and oxygen atoms in total. The molecule has 149 heavy (non-hydrogen) atoms. The van der Waals surface area contributed by atoms with Crippen molar-refractivity contribution < 1.29 is 91.1 Å².